The van der Waals surface area contributed by atoms with Crippen LogP contribution in [-0.2, 0) is 14.6 Å². The lowest BCUT2D eigenvalue weighted by Crippen LogP contribution is -2.08. The fourth-order valence-corrected chi connectivity index (χ4v) is 2.50. The summed E-state index contributed by atoms with van der Waals surface area (Å²) in [6, 6.07) is 6.86. The van der Waals surface area contributed by atoms with Crippen molar-refractivity contribution in [1.82, 2.24) is 0 Å². The molecule has 0 saturated carbocycles. The maximum Gasteiger partial charge on any atom is 0.178 e. The fraction of sp³-hybridized carbons (Fsp3) is 0.364. The van der Waals surface area contributed by atoms with E-state index in [1.54, 1.807) is 24.3 Å². The van der Waals surface area contributed by atoms with Crippen molar-refractivity contribution in [2.45, 2.75) is 18.2 Å². The van der Waals surface area contributed by atoms with Gasteiger partial charge in [0.1, 0.15) is 0 Å². The number of hydrogen-bond acceptors (Lipinski definition) is 3. The standard InChI is InChI=1S/C11H15O3S/c1-10-4-6-11(7-5-10)15(12,13)9-3-8-14-2/h4-7H,2-3,8-9H2,1H3. The molecule has 0 aliphatic rings. The summed E-state index contributed by atoms with van der Waals surface area (Å²) in [5.74, 6) is 0.103. The van der Waals surface area contributed by atoms with E-state index < -0.39 is 9.84 Å². The molecular formula is C11H15O3S. The molecule has 1 aromatic carbocycles. The number of aryl methyl sites for hydroxylation is 1. The first-order valence-corrected chi connectivity index (χ1v) is 6.38. The molecule has 0 amide bonds. The first-order valence-electron chi connectivity index (χ1n) is 4.72. The predicted octanol–water partition coefficient (Wildman–Crippen LogP) is 1.97. The Morgan fingerprint density at radius 3 is 2.40 bits per heavy atom. The summed E-state index contributed by atoms with van der Waals surface area (Å²) in [6.07, 6.45) is 0.472. The second-order valence-corrected chi connectivity index (χ2v) is 5.50. The van der Waals surface area contributed by atoms with E-state index >= 15 is 0 Å². The van der Waals surface area contributed by atoms with Crippen molar-refractivity contribution in [3.63, 3.8) is 0 Å². The molecule has 0 atom stereocenters. The lowest BCUT2D eigenvalue weighted by atomic mass is 10.2. The molecule has 15 heavy (non-hydrogen) atoms. The summed E-state index contributed by atoms with van der Waals surface area (Å²) in [5, 5.41) is 0. The minimum absolute atomic E-state index is 0.103. The van der Waals surface area contributed by atoms with E-state index in [0.29, 0.717) is 17.9 Å². The Labute approximate surface area is 91.0 Å². The van der Waals surface area contributed by atoms with E-state index in [4.69, 9.17) is 0 Å². The molecule has 0 aliphatic heterocycles. The van der Waals surface area contributed by atoms with Gasteiger partial charge in [0.25, 0.3) is 0 Å². The summed E-state index contributed by atoms with van der Waals surface area (Å²) in [4.78, 5) is 0.372. The second-order valence-electron chi connectivity index (χ2n) is 3.39. The molecule has 0 heterocycles. The van der Waals surface area contributed by atoms with E-state index in [-0.39, 0.29) is 5.75 Å². The molecule has 0 saturated heterocycles. The van der Waals surface area contributed by atoms with E-state index in [9.17, 15) is 8.42 Å². The van der Waals surface area contributed by atoms with Gasteiger partial charge >= 0.3 is 0 Å². The Balaban J connectivity index is 2.73. The Bertz CT molecular complexity index is 392. The molecule has 1 radical (unpaired) electrons. The van der Waals surface area contributed by atoms with E-state index in [1.807, 2.05) is 6.92 Å². The Morgan fingerprint density at radius 1 is 1.27 bits per heavy atom. The maximum atomic E-state index is 11.7. The number of benzene rings is 1. The van der Waals surface area contributed by atoms with Crippen molar-refractivity contribution in [1.29, 1.82) is 0 Å². The van der Waals surface area contributed by atoms with Crippen molar-refractivity contribution in [2.24, 2.45) is 0 Å². The largest absolute Gasteiger partial charge is 0.379 e. The highest BCUT2D eigenvalue weighted by molar-refractivity contribution is 7.91. The SMILES string of the molecule is [CH2]OCCCS(=O)(=O)c1ccc(C)cc1. The highest BCUT2D eigenvalue weighted by atomic mass is 32.2. The summed E-state index contributed by atoms with van der Waals surface area (Å²) >= 11 is 0. The molecule has 0 aromatic heterocycles. The van der Waals surface area contributed by atoms with E-state index in [0.717, 1.165) is 5.56 Å². The van der Waals surface area contributed by atoms with Crippen LogP contribution in [0.15, 0.2) is 29.2 Å². The first-order chi connectivity index (χ1) is 7.06. The third kappa shape index (κ3) is 3.64. The predicted molar refractivity (Wildman–Crippen MR) is 59.2 cm³/mol. The molecule has 0 N–H and O–H groups in total. The van der Waals surface area contributed by atoms with Crippen LogP contribution in [0.1, 0.15) is 12.0 Å². The first kappa shape index (κ1) is 12.2. The minimum atomic E-state index is -3.16. The zero-order valence-corrected chi connectivity index (χ0v) is 9.59. The molecule has 0 spiro atoms. The molecule has 4 heteroatoms. The van der Waals surface area contributed by atoms with Gasteiger partial charge in [0.2, 0.25) is 0 Å². The summed E-state index contributed by atoms with van der Waals surface area (Å²) in [6.45, 7) is 2.29. The zero-order valence-electron chi connectivity index (χ0n) is 8.77. The van der Waals surface area contributed by atoms with Gasteiger partial charge < -0.3 is 4.74 Å². The average molecular weight is 227 g/mol. The van der Waals surface area contributed by atoms with E-state index in [2.05, 4.69) is 11.8 Å². The van der Waals surface area contributed by atoms with Crippen LogP contribution in [0.4, 0.5) is 0 Å². The van der Waals surface area contributed by atoms with Gasteiger partial charge in [-0.2, -0.15) is 0 Å². The molecule has 0 fully saturated rings. The third-order valence-corrected chi connectivity index (χ3v) is 3.90. The molecule has 3 nitrogen and oxygen atoms in total. The number of sulfone groups is 1. The maximum absolute atomic E-state index is 11.7. The van der Waals surface area contributed by atoms with Crippen molar-refractivity contribution in [3.8, 4) is 0 Å². The third-order valence-electron chi connectivity index (χ3n) is 2.08. The molecule has 83 valence electrons. The van der Waals surface area contributed by atoms with Gasteiger partial charge in [-0.25, -0.2) is 8.42 Å². The minimum Gasteiger partial charge on any atom is -0.379 e. The van der Waals surface area contributed by atoms with Gasteiger partial charge in [0.05, 0.1) is 17.8 Å². The number of hydrogen-bond donors (Lipinski definition) is 0. The van der Waals surface area contributed by atoms with Crippen LogP contribution >= 0.6 is 0 Å². The number of ether oxygens (including phenoxy) is 1. The highest BCUT2D eigenvalue weighted by Crippen LogP contribution is 2.12. The highest BCUT2D eigenvalue weighted by Gasteiger charge is 2.12. The summed E-state index contributed by atoms with van der Waals surface area (Å²) in [5.41, 5.74) is 1.05. The van der Waals surface area contributed by atoms with Gasteiger partial charge in [-0.3, -0.25) is 0 Å². The van der Waals surface area contributed by atoms with E-state index in [1.165, 1.54) is 0 Å². The van der Waals surface area contributed by atoms with Gasteiger partial charge in [-0.1, -0.05) is 17.7 Å². The summed E-state index contributed by atoms with van der Waals surface area (Å²) in [7, 11) is 0.0377. The van der Waals surface area contributed by atoms with Crippen LogP contribution in [0.2, 0.25) is 0 Å². The van der Waals surface area contributed by atoms with Crippen LogP contribution in [0.3, 0.4) is 0 Å². The van der Waals surface area contributed by atoms with Crippen LogP contribution in [0.25, 0.3) is 0 Å². The average Bonchev–Trinajstić information content (AvgIpc) is 2.18. The Kier molecular flexibility index (Phi) is 4.29. The Hall–Kier alpha value is -0.870. The molecule has 1 rings (SSSR count). The van der Waals surface area contributed by atoms with Gasteiger partial charge in [0, 0.05) is 6.61 Å². The fourth-order valence-electron chi connectivity index (χ4n) is 1.21. The van der Waals surface area contributed by atoms with Gasteiger partial charge in [0.15, 0.2) is 9.84 Å². The quantitative estimate of drug-likeness (QED) is 0.722. The second kappa shape index (κ2) is 5.28. The topological polar surface area (TPSA) is 43.4 Å². The normalized spacial score (nSPS) is 11.6. The molecule has 0 bridgehead atoms. The smallest absolute Gasteiger partial charge is 0.178 e. The number of rotatable bonds is 5. The monoisotopic (exact) mass is 227 g/mol. The van der Waals surface area contributed by atoms with Crippen molar-refractivity contribution in [2.75, 3.05) is 12.4 Å². The van der Waals surface area contributed by atoms with Gasteiger partial charge in [-0.15, -0.1) is 0 Å². The Morgan fingerprint density at radius 2 is 1.87 bits per heavy atom. The summed E-state index contributed by atoms with van der Waals surface area (Å²) < 4.78 is 28.1. The van der Waals surface area contributed by atoms with Gasteiger partial charge in [-0.05, 0) is 25.5 Å². The van der Waals surface area contributed by atoms with Crippen LogP contribution in [0.5, 0.6) is 0 Å². The zero-order chi connectivity index (χ0) is 11.3. The van der Waals surface area contributed by atoms with Crippen molar-refractivity contribution in [3.05, 3.63) is 36.9 Å². The lowest BCUT2D eigenvalue weighted by molar-refractivity contribution is 0.243. The molecular weight excluding hydrogens is 212 g/mol. The van der Waals surface area contributed by atoms with Crippen molar-refractivity contribution < 1.29 is 13.2 Å². The van der Waals surface area contributed by atoms with Crippen LogP contribution in [-0.4, -0.2) is 20.8 Å². The molecule has 0 unspecified atom stereocenters. The molecule has 1 aromatic rings. The van der Waals surface area contributed by atoms with Crippen LogP contribution in [0, 0.1) is 14.0 Å². The lowest BCUT2D eigenvalue weighted by Gasteiger charge is -2.04. The van der Waals surface area contributed by atoms with Crippen LogP contribution < -0.4 is 0 Å². The molecule has 0 aliphatic carbocycles. The van der Waals surface area contributed by atoms with Crippen molar-refractivity contribution >= 4 is 9.84 Å².